The first-order chi connectivity index (χ1) is 8.69. The summed E-state index contributed by atoms with van der Waals surface area (Å²) in [6, 6.07) is 14.4. The monoisotopic (exact) mass is 243 g/mol. The van der Waals surface area contributed by atoms with Crippen LogP contribution in [-0.4, -0.2) is 24.2 Å². The van der Waals surface area contributed by atoms with E-state index in [0.29, 0.717) is 0 Å². The lowest BCUT2D eigenvalue weighted by atomic mass is 10.0. The fourth-order valence-electron chi connectivity index (χ4n) is 2.14. The maximum atomic E-state index is 10.7. The number of hydrogen-bond acceptors (Lipinski definition) is 2. The van der Waals surface area contributed by atoms with Crippen molar-refractivity contribution in [3.63, 3.8) is 0 Å². The average Bonchev–Trinajstić information content (AvgIpc) is 2.37. The van der Waals surface area contributed by atoms with E-state index < -0.39 is 5.97 Å². The normalized spacial score (nSPS) is 12.5. The summed E-state index contributed by atoms with van der Waals surface area (Å²) < 4.78 is 0. The van der Waals surface area contributed by atoms with Gasteiger partial charge in [-0.1, -0.05) is 42.5 Å². The Morgan fingerprint density at radius 2 is 1.94 bits per heavy atom. The molecule has 0 aliphatic heterocycles. The van der Waals surface area contributed by atoms with Gasteiger partial charge >= 0.3 is 5.97 Å². The molecule has 0 aliphatic carbocycles. The predicted octanol–water partition coefficient (Wildman–Crippen LogP) is 2.45. The third-order valence-electron chi connectivity index (χ3n) is 3.13. The summed E-state index contributed by atoms with van der Waals surface area (Å²) in [7, 11) is 1.80. The molecule has 2 N–H and O–H groups in total. The van der Waals surface area contributed by atoms with Crippen LogP contribution in [0.4, 0.5) is 0 Å². The van der Waals surface area contributed by atoms with Crippen molar-refractivity contribution in [2.75, 3.05) is 7.05 Å². The Morgan fingerprint density at radius 1 is 1.22 bits per heavy atom. The molecule has 0 fully saturated rings. The molecule has 2 aromatic carbocycles. The maximum absolute atomic E-state index is 10.7. The lowest BCUT2D eigenvalue weighted by Gasteiger charge is -2.14. The topological polar surface area (TPSA) is 49.3 Å². The van der Waals surface area contributed by atoms with E-state index in [9.17, 15) is 4.79 Å². The quantitative estimate of drug-likeness (QED) is 0.848. The number of carboxylic acid groups (broad SMARTS) is 1. The van der Waals surface area contributed by atoms with Crippen LogP contribution in [0.3, 0.4) is 0 Å². The number of hydrogen-bond donors (Lipinski definition) is 2. The van der Waals surface area contributed by atoms with Crippen molar-refractivity contribution in [2.45, 2.75) is 18.9 Å². The lowest BCUT2D eigenvalue weighted by Crippen LogP contribution is -2.30. The number of aliphatic carboxylic acids is 1. The van der Waals surface area contributed by atoms with Gasteiger partial charge in [0.15, 0.2) is 0 Å². The average molecular weight is 243 g/mol. The molecule has 1 atom stereocenters. The Morgan fingerprint density at radius 3 is 2.61 bits per heavy atom. The second-order valence-electron chi connectivity index (χ2n) is 4.47. The third kappa shape index (κ3) is 3.08. The molecule has 0 amide bonds. The van der Waals surface area contributed by atoms with Crippen LogP contribution in [0.2, 0.25) is 0 Å². The van der Waals surface area contributed by atoms with Gasteiger partial charge in [0.2, 0.25) is 0 Å². The molecule has 0 aromatic heterocycles. The summed E-state index contributed by atoms with van der Waals surface area (Å²) in [5.41, 5.74) is 1.16. The zero-order valence-electron chi connectivity index (χ0n) is 10.4. The van der Waals surface area contributed by atoms with Crippen LogP contribution in [0.1, 0.15) is 12.0 Å². The second-order valence-corrected chi connectivity index (χ2v) is 4.47. The summed E-state index contributed by atoms with van der Waals surface area (Å²) in [5, 5.41) is 14.3. The van der Waals surface area contributed by atoms with Gasteiger partial charge in [0.05, 0.1) is 6.42 Å². The highest BCUT2D eigenvalue weighted by molar-refractivity contribution is 5.83. The van der Waals surface area contributed by atoms with Crippen molar-refractivity contribution >= 4 is 16.7 Å². The summed E-state index contributed by atoms with van der Waals surface area (Å²) in [6.45, 7) is 0. The van der Waals surface area contributed by atoms with Crippen LogP contribution in [0, 0.1) is 0 Å². The molecular weight excluding hydrogens is 226 g/mol. The van der Waals surface area contributed by atoms with Crippen molar-refractivity contribution in [3.05, 3.63) is 48.0 Å². The van der Waals surface area contributed by atoms with E-state index >= 15 is 0 Å². The Hall–Kier alpha value is -1.87. The van der Waals surface area contributed by atoms with Gasteiger partial charge in [-0.3, -0.25) is 4.79 Å². The number of carbonyl (C=O) groups is 1. The van der Waals surface area contributed by atoms with E-state index in [-0.39, 0.29) is 12.5 Å². The van der Waals surface area contributed by atoms with Crippen LogP contribution >= 0.6 is 0 Å². The Labute approximate surface area is 106 Å². The number of likely N-dealkylation sites (N-methyl/N-ethyl adjacent to an activating group) is 1. The minimum atomic E-state index is -0.768. The van der Waals surface area contributed by atoms with Crippen LogP contribution in [0.5, 0.6) is 0 Å². The Bertz CT molecular complexity index is 551. The van der Waals surface area contributed by atoms with Gasteiger partial charge in [0, 0.05) is 6.04 Å². The molecule has 18 heavy (non-hydrogen) atoms. The van der Waals surface area contributed by atoms with Crippen molar-refractivity contribution in [2.24, 2.45) is 0 Å². The molecular formula is C15H17NO2. The summed E-state index contributed by atoms with van der Waals surface area (Å²) >= 11 is 0. The van der Waals surface area contributed by atoms with E-state index in [2.05, 4.69) is 35.6 Å². The van der Waals surface area contributed by atoms with Gasteiger partial charge < -0.3 is 10.4 Å². The molecule has 0 heterocycles. The minimum Gasteiger partial charge on any atom is -0.481 e. The van der Waals surface area contributed by atoms with Crippen molar-refractivity contribution in [1.82, 2.24) is 5.32 Å². The molecule has 2 aromatic rings. The van der Waals surface area contributed by atoms with Gasteiger partial charge in [-0.15, -0.1) is 0 Å². The fourth-order valence-corrected chi connectivity index (χ4v) is 2.14. The molecule has 0 radical (unpaired) electrons. The number of rotatable bonds is 5. The van der Waals surface area contributed by atoms with Crippen LogP contribution in [0.15, 0.2) is 42.5 Å². The Kier molecular flexibility index (Phi) is 3.95. The molecule has 2 rings (SSSR count). The fraction of sp³-hybridized carbons (Fsp3) is 0.267. The molecule has 0 saturated heterocycles. The number of benzene rings is 2. The van der Waals surface area contributed by atoms with E-state index in [1.54, 1.807) is 7.05 Å². The minimum absolute atomic E-state index is 0.0244. The van der Waals surface area contributed by atoms with E-state index in [1.807, 2.05) is 12.1 Å². The first-order valence-electron chi connectivity index (χ1n) is 6.06. The van der Waals surface area contributed by atoms with Gasteiger partial charge in [-0.25, -0.2) is 0 Å². The zero-order valence-corrected chi connectivity index (χ0v) is 10.4. The van der Waals surface area contributed by atoms with Crippen molar-refractivity contribution in [1.29, 1.82) is 0 Å². The molecule has 0 spiro atoms. The molecule has 0 aliphatic rings. The number of fused-ring (bicyclic) bond motifs is 1. The van der Waals surface area contributed by atoms with Gasteiger partial charge in [-0.2, -0.15) is 0 Å². The SMILES string of the molecule is CNC(CC(=O)O)Cc1ccc2ccccc2c1. The van der Waals surface area contributed by atoms with E-state index in [4.69, 9.17) is 5.11 Å². The van der Waals surface area contributed by atoms with Crippen molar-refractivity contribution in [3.8, 4) is 0 Å². The predicted molar refractivity (Wildman–Crippen MR) is 72.8 cm³/mol. The van der Waals surface area contributed by atoms with E-state index in [1.165, 1.54) is 10.8 Å². The standard InChI is InChI=1S/C15H17NO2/c1-16-14(10-15(17)18)9-11-6-7-12-4-2-3-5-13(12)8-11/h2-8,14,16H,9-10H2,1H3,(H,17,18). The first-order valence-corrected chi connectivity index (χ1v) is 6.06. The molecule has 0 bridgehead atoms. The van der Waals surface area contributed by atoms with Gasteiger partial charge in [0.1, 0.15) is 0 Å². The third-order valence-corrected chi connectivity index (χ3v) is 3.13. The van der Waals surface area contributed by atoms with Gasteiger partial charge in [-0.05, 0) is 29.8 Å². The second kappa shape index (κ2) is 5.65. The summed E-state index contributed by atoms with van der Waals surface area (Å²) in [4.78, 5) is 10.7. The molecule has 3 nitrogen and oxygen atoms in total. The molecule has 1 unspecified atom stereocenters. The molecule has 94 valence electrons. The number of nitrogens with one attached hydrogen (secondary N) is 1. The Balaban J connectivity index is 2.17. The highest BCUT2D eigenvalue weighted by atomic mass is 16.4. The van der Waals surface area contributed by atoms with E-state index in [0.717, 1.165) is 12.0 Å². The smallest absolute Gasteiger partial charge is 0.304 e. The van der Waals surface area contributed by atoms with Crippen LogP contribution in [-0.2, 0) is 11.2 Å². The highest BCUT2D eigenvalue weighted by Gasteiger charge is 2.11. The highest BCUT2D eigenvalue weighted by Crippen LogP contribution is 2.17. The van der Waals surface area contributed by atoms with Crippen LogP contribution < -0.4 is 5.32 Å². The maximum Gasteiger partial charge on any atom is 0.304 e. The first kappa shape index (κ1) is 12.6. The van der Waals surface area contributed by atoms with Crippen LogP contribution in [0.25, 0.3) is 10.8 Å². The zero-order chi connectivity index (χ0) is 13.0. The van der Waals surface area contributed by atoms with Crippen molar-refractivity contribution < 1.29 is 9.90 Å². The lowest BCUT2D eigenvalue weighted by molar-refractivity contribution is -0.137. The molecule has 0 saturated carbocycles. The summed E-state index contributed by atoms with van der Waals surface area (Å²) in [6.07, 6.45) is 0.872. The van der Waals surface area contributed by atoms with Gasteiger partial charge in [0.25, 0.3) is 0 Å². The number of carboxylic acids is 1. The largest absolute Gasteiger partial charge is 0.481 e. The summed E-state index contributed by atoms with van der Waals surface area (Å²) in [5.74, 6) is -0.768. The molecule has 3 heteroatoms.